The third kappa shape index (κ3) is 2.11. The number of benzene rings is 1. The highest BCUT2D eigenvalue weighted by molar-refractivity contribution is 9.10. The van der Waals surface area contributed by atoms with E-state index < -0.39 is 11.6 Å². The lowest BCUT2D eigenvalue weighted by molar-refractivity contribution is 0.584. The lowest BCUT2D eigenvalue weighted by Gasteiger charge is -2.05. The maximum Gasteiger partial charge on any atom is 0.155 e. The molecule has 1 aromatic carbocycles. The number of rotatable bonds is 1. The quantitative estimate of drug-likeness (QED) is 0.599. The van der Waals surface area contributed by atoms with Gasteiger partial charge in [0.05, 0.1) is 5.52 Å². The van der Waals surface area contributed by atoms with Gasteiger partial charge in [-0.15, -0.1) is 0 Å². The fraction of sp³-hybridized carbons (Fsp3) is 0.0714. The van der Waals surface area contributed by atoms with Crippen molar-refractivity contribution in [2.75, 3.05) is 0 Å². The second kappa shape index (κ2) is 4.82. The number of halogens is 4. The van der Waals surface area contributed by atoms with E-state index in [1.165, 1.54) is 12.1 Å². The van der Waals surface area contributed by atoms with Gasteiger partial charge >= 0.3 is 0 Å². The van der Waals surface area contributed by atoms with Gasteiger partial charge in [0.15, 0.2) is 5.15 Å². The minimum absolute atomic E-state index is 0.295. The van der Waals surface area contributed by atoms with Crippen molar-refractivity contribution in [1.82, 2.24) is 9.38 Å². The molecule has 2 nitrogen and oxygen atoms in total. The van der Waals surface area contributed by atoms with E-state index in [0.717, 1.165) is 16.1 Å². The van der Waals surface area contributed by atoms with Crippen LogP contribution in [-0.4, -0.2) is 9.38 Å². The summed E-state index contributed by atoms with van der Waals surface area (Å²) in [5.74, 6) is -0.901. The monoisotopic (exact) mass is 356 g/mol. The molecule has 3 aromatic rings. The highest BCUT2D eigenvalue weighted by Gasteiger charge is 2.15. The minimum Gasteiger partial charge on any atom is -0.298 e. The van der Waals surface area contributed by atoms with Gasteiger partial charge in [-0.3, -0.25) is 4.40 Å². The highest BCUT2D eigenvalue weighted by Crippen LogP contribution is 2.31. The molecule has 0 N–H and O–H groups in total. The van der Waals surface area contributed by atoms with Gasteiger partial charge in [0.1, 0.15) is 17.5 Å². The van der Waals surface area contributed by atoms with E-state index in [1.807, 2.05) is 13.0 Å². The third-order valence-electron chi connectivity index (χ3n) is 3.07. The van der Waals surface area contributed by atoms with Crippen LogP contribution in [0.15, 0.2) is 34.9 Å². The largest absolute Gasteiger partial charge is 0.298 e. The summed E-state index contributed by atoms with van der Waals surface area (Å²) in [5, 5.41) is 0.295. The van der Waals surface area contributed by atoms with E-state index in [1.54, 1.807) is 10.6 Å². The van der Waals surface area contributed by atoms with Gasteiger partial charge in [0.2, 0.25) is 0 Å². The Morgan fingerprint density at radius 3 is 2.50 bits per heavy atom. The number of aryl methyl sites for hydroxylation is 1. The summed E-state index contributed by atoms with van der Waals surface area (Å²) in [6.45, 7) is 1.89. The minimum atomic E-state index is -0.651. The Kier molecular flexibility index (Phi) is 3.26. The van der Waals surface area contributed by atoms with Crippen LogP contribution in [0.3, 0.4) is 0 Å². The lowest BCUT2D eigenvalue weighted by atomic mass is 10.2. The van der Waals surface area contributed by atoms with Crippen molar-refractivity contribution in [2.24, 2.45) is 0 Å². The molecule has 0 radical (unpaired) electrons. The molecule has 0 saturated heterocycles. The molecule has 2 aromatic heterocycles. The summed E-state index contributed by atoms with van der Waals surface area (Å²) < 4.78 is 29.3. The van der Waals surface area contributed by atoms with Crippen molar-refractivity contribution in [3.8, 4) is 11.4 Å². The van der Waals surface area contributed by atoms with Crippen molar-refractivity contribution in [3.63, 3.8) is 0 Å². The van der Waals surface area contributed by atoms with Gasteiger partial charge in [-0.1, -0.05) is 27.5 Å². The van der Waals surface area contributed by atoms with Crippen molar-refractivity contribution in [2.45, 2.75) is 6.92 Å². The van der Waals surface area contributed by atoms with Crippen LogP contribution in [0, 0.1) is 18.6 Å². The van der Waals surface area contributed by atoms with Crippen LogP contribution >= 0.6 is 27.5 Å². The van der Waals surface area contributed by atoms with Crippen LogP contribution in [0.5, 0.6) is 0 Å². The van der Waals surface area contributed by atoms with Crippen molar-refractivity contribution in [1.29, 1.82) is 0 Å². The van der Waals surface area contributed by atoms with E-state index in [4.69, 9.17) is 11.6 Å². The molecule has 0 aliphatic rings. The molecule has 102 valence electrons. The summed E-state index contributed by atoms with van der Waals surface area (Å²) in [7, 11) is 0. The van der Waals surface area contributed by atoms with Crippen LogP contribution in [-0.2, 0) is 0 Å². The van der Waals surface area contributed by atoms with Gasteiger partial charge < -0.3 is 0 Å². The van der Waals surface area contributed by atoms with Gasteiger partial charge in [0.25, 0.3) is 0 Å². The maximum absolute atomic E-state index is 13.3. The zero-order valence-electron chi connectivity index (χ0n) is 10.3. The smallest absolute Gasteiger partial charge is 0.155 e. The molecule has 2 heterocycles. The highest BCUT2D eigenvalue weighted by atomic mass is 79.9. The van der Waals surface area contributed by atoms with Gasteiger partial charge in [-0.05, 0) is 30.7 Å². The zero-order chi connectivity index (χ0) is 14.4. The number of hydrogen-bond donors (Lipinski definition) is 0. The second-order valence-electron chi connectivity index (χ2n) is 4.39. The molecule has 0 aliphatic heterocycles. The average molecular weight is 358 g/mol. The number of fused-ring (bicyclic) bond motifs is 1. The zero-order valence-corrected chi connectivity index (χ0v) is 12.6. The molecule has 3 rings (SSSR count). The summed E-state index contributed by atoms with van der Waals surface area (Å²) in [6.07, 6.45) is 1.75. The molecule has 0 unspecified atom stereocenters. The maximum atomic E-state index is 13.3. The first kappa shape index (κ1) is 13.5. The Labute approximate surface area is 127 Å². The Morgan fingerprint density at radius 1 is 1.20 bits per heavy atom. The van der Waals surface area contributed by atoms with Gasteiger partial charge in [-0.2, -0.15) is 0 Å². The van der Waals surface area contributed by atoms with Gasteiger partial charge in [-0.25, -0.2) is 13.8 Å². The number of aromatic nitrogens is 2. The molecule has 0 atom stereocenters. The first-order valence-electron chi connectivity index (χ1n) is 5.76. The third-order valence-corrected chi connectivity index (χ3v) is 4.20. The van der Waals surface area contributed by atoms with Gasteiger partial charge in [0, 0.05) is 22.3 Å². The number of hydrogen-bond acceptors (Lipinski definition) is 1. The molecule has 0 fully saturated rings. The van der Waals surface area contributed by atoms with E-state index in [9.17, 15) is 8.78 Å². The molecular formula is C14H8BrClF2N2. The van der Waals surface area contributed by atoms with E-state index in [-0.39, 0.29) is 0 Å². The van der Waals surface area contributed by atoms with E-state index in [2.05, 4.69) is 20.9 Å². The first-order valence-corrected chi connectivity index (χ1v) is 6.93. The summed E-state index contributed by atoms with van der Waals surface area (Å²) in [6, 6.07) is 5.11. The fourth-order valence-corrected chi connectivity index (χ4v) is 2.77. The van der Waals surface area contributed by atoms with Crippen molar-refractivity contribution >= 4 is 33.0 Å². The molecule has 6 heteroatoms. The molecule has 0 amide bonds. The second-order valence-corrected chi connectivity index (χ2v) is 5.60. The Hall–Kier alpha value is -1.46. The van der Waals surface area contributed by atoms with Crippen molar-refractivity contribution in [3.05, 3.63) is 57.3 Å². The van der Waals surface area contributed by atoms with Crippen LogP contribution in [0.25, 0.3) is 16.9 Å². The summed E-state index contributed by atoms with van der Waals surface area (Å²) >= 11 is 9.56. The van der Waals surface area contributed by atoms with Crippen LogP contribution in [0.4, 0.5) is 8.78 Å². The van der Waals surface area contributed by atoms with Crippen LogP contribution in [0.1, 0.15) is 5.56 Å². The molecule has 0 aliphatic carbocycles. The van der Waals surface area contributed by atoms with Crippen LogP contribution in [0.2, 0.25) is 5.15 Å². The Balaban J connectivity index is 2.35. The topological polar surface area (TPSA) is 17.3 Å². The standard InChI is InChI=1S/C14H8BrClF2N2/c1-7-11(15)2-3-20-12(7)13(16)19-14(20)8-4-9(17)6-10(18)5-8/h2-6H,1H3. The predicted molar refractivity (Wildman–Crippen MR) is 78.0 cm³/mol. The van der Waals surface area contributed by atoms with E-state index in [0.29, 0.717) is 22.1 Å². The normalized spacial score (nSPS) is 11.2. The molecule has 0 bridgehead atoms. The summed E-state index contributed by atoms with van der Waals surface area (Å²) in [4.78, 5) is 4.22. The number of imidazole rings is 1. The lowest BCUT2D eigenvalue weighted by Crippen LogP contribution is -1.93. The number of nitrogens with zero attached hydrogens (tertiary/aromatic N) is 2. The van der Waals surface area contributed by atoms with Crippen LogP contribution < -0.4 is 0 Å². The first-order chi connectivity index (χ1) is 9.47. The average Bonchev–Trinajstić information content (AvgIpc) is 2.71. The Morgan fingerprint density at radius 2 is 1.85 bits per heavy atom. The van der Waals surface area contributed by atoms with Crippen molar-refractivity contribution < 1.29 is 8.78 Å². The Bertz CT molecular complexity index is 809. The predicted octanol–water partition coefficient (Wildman–Crippen LogP) is 5.00. The molecular weight excluding hydrogens is 350 g/mol. The SMILES string of the molecule is Cc1c(Br)ccn2c(-c3cc(F)cc(F)c3)nc(Cl)c12. The molecule has 0 saturated carbocycles. The number of pyridine rings is 1. The summed E-state index contributed by atoms with van der Waals surface area (Å²) in [5.41, 5.74) is 1.96. The van der Waals surface area contributed by atoms with E-state index >= 15 is 0 Å². The molecule has 0 spiro atoms. The fourth-order valence-electron chi connectivity index (χ4n) is 2.15. The molecule has 20 heavy (non-hydrogen) atoms.